The Balaban J connectivity index is 0.00000220. The number of carbonyl (C=O) groups excluding carboxylic acids is 2. The minimum Gasteiger partial charge on any atom is -0.360 e. The van der Waals surface area contributed by atoms with Crippen LogP contribution in [0.3, 0.4) is 0 Å². The number of likely N-dealkylation sites (N-methyl/N-ethyl adjacent to an activating group) is 1. The number of hydrogen-bond donors (Lipinski definition) is 2. The van der Waals surface area contributed by atoms with Crippen LogP contribution in [0.15, 0.2) is 10.6 Å². The fraction of sp³-hybridized carbons (Fsp3) is 0.615. The summed E-state index contributed by atoms with van der Waals surface area (Å²) in [5.74, 6) is 1.09. The van der Waals surface area contributed by atoms with Crippen molar-refractivity contribution < 1.29 is 14.1 Å². The topological polar surface area (TPSA) is 87.5 Å². The molecular formula is C13H21ClN4O3. The van der Waals surface area contributed by atoms with Gasteiger partial charge < -0.3 is 20.1 Å². The Bertz CT molecular complexity index is 486. The van der Waals surface area contributed by atoms with Crippen molar-refractivity contribution in [1.82, 2.24) is 15.4 Å². The number of aryl methyl sites for hydroxylation is 1. The summed E-state index contributed by atoms with van der Waals surface area (Å²) in [6, 6.07) is 1.63. The van der Waals surface area contributed by atoms with Gasteiger partial charge >= 0.3 is 0 Å². The summed E-state index contributed by atoms with van der Waals surface area (Å²) >= 11 is 0. The lowest BCUT2D eigenvalue weighted by atomic mass is 10.0. The lowest BCUT2D eigenvalue weighted by Gasteiger charge is -2.18. The zero-order valence-electron chi connectivity index (χ0n) is 12.2. The largest absolute Gasteiger partial charge is 0.360 e. The third-order valence-electron chi connectivity index (χ3n) is 3.33. The minimum atomic E-state index is -0.279. The molecule has 0 radical (unpaired) electrons. The van der Waals surface area contributed by atoms with Gasteiger partial charge in [-0.25, -0.2) is 0 Å². The number of nitrogens with zero attached hydrogens (tertiary/aromatic N) is 2. The van der Waals surface area contributed by atoms with E-state index in [9.17, 15) is 9.59 Å². The van der Waals surface area contributed by atoms with Gasteiger partial charge in [0.05, 0.1) is 6.54 Å². The standard InChI is InChI=1S/C13H20N4O3.ClH/c1-9-5-11(16-20-9)15-12(18)8-17(2)13(19)6-10-3-4-14-7-10;/h5,10,14H,3-4,6-8H2,1-2H3,(H,15,16,18);1H. The van der Waals surface area contributed by atoms with Gasteiger partial charge in [0.25, 0.3) is 0 Å². The third kappa shape index (κ3) is 5.35. The van der Waals surface area contributed by atoms with Crippen molar-refractivity contribution in [1.29, 1.82) is 0 Å². The second kappa shape index (κ2) is 7.99. The number of carbonyl (C=O) groups is 2. The Morgan fingerprint density at radius 3 is 2.90 bits per heavy atom. The van der Waals surface area contributed by atoms with E-state index in [2.05, 4.69) is 15.8 Å². The van der Waals surface area contributed by atoms with Crippen LogP contribution in [0.25, 0.3) is 0 Å². The van der Waals surface area contributed by atoms with Crippen LogP contribution in [0.5, 0.6) is 0 Å². The fourth-order valence-electron chi connectivity index (χ4n) is 2.20. The molecule has 1 aromatic rings. The van der Waals surface area contributed by atoms with Crippen molar-refractivity contribution in [2.75, 3.05) is 32.0 Å². The minimum absolute atomic E-state index is 0. The molecule has 118 valence electrons. The molecule has 2 rings (SSSR count). The van der Waals surface area contributed by atoms with Crippen LogP contribution in [0.1, 0.15) is 18.6 Å². The van der Waals surface area contributed by atoms with Gasteiger partial charge in [-0.05, 0) is 32.4 Å². The Morgan fingerprint density at radius 1 is 1.57 bits per heavy atom. The average molecular weight is 317 g/mol. The second-order valence-corrected chi connectivity index (χ2v) is 5.18. The Kier molecular flexibility index (Phi) is 6.64. The molecule has 21 heavy (non-hydrogen) atoms. The molecule has 0 saturated carbocycles. The first-order chi connectivity index (χ1) is 9.54. The molecule has 2 heterocycles. The number of amides is 2. The van der Waals surface area contributed by atoms with Crippen LogP contribution < -0.4 is 10.6 Å². The highest BCUT2D eigenvalue weighted by atomic mass is 35.5. The summed E-state index contributed by atoms with van der Waals surface area (Å²) in [4.78, 5) is 25.2. The summed E-state index contributed by atoms with van der Waals surface area (Å²) < 4.78 is 4.85. The van der Waals surface area contributed by atoms with Crippen molar-refractivity contribution in [2.45, 2.75) is 19.8 Å². The van der Waals surface area contributed by atoms with Gasteiger partial charge in [0.15, 0.2) is 5.82 Å². The van der Waals surface area contributed by atoms with Crippen LogP contribution in [0, 0.1) is 12.8 Å². The molecule has 1 aliphatic heterocycles. The summed E-state index contributed by atoms with van der Waals surface area (Å²) in [7, 11) is 1.64. The van der Waals surface area contributed by atoms with Crippen LogP contribution in [-0.4, -0.2) is 48.6 Å². The Labute approximate surface area is 129 Å². The normalized spacial score (nSPS) is 17.1. The van der Waals surface area contributed by atoms with Crippen molar-refractivity contribution in [3.63, 3.8) is 0 Å². The highest BCUT2D eigenvalue weighted by Crippen LogP contribution is 2.13. The maximum absolute atomic E-state index is 12.0. The van der Waals surface area contributed by atoms with Crippen molar-refractivity contribution in [3.05, 3.63) is 11.8 Å². The molecule has 2 N–H and O–H groups in total. The van der Waals surface area contributed by atoms with Gasteiger partial charge in [0.2, 0.25) is 11.8 Å². The van der Waals surface area contributed by atoms with E-state index in [-0.39, 0.29) is 30.8 Å². The fourth-order valence-corrected chi connectivity index (χ4v) is 2.20. The quantitative estimate of drug-likeness (QED) is 0.839. The molecule has 0 spiro atoms. The average Bonchev–Trinajstić information content (AvgIpc) is 3.01. The number of anilines is 1. The van der Waals surface area contributed by atoms with Crippen LogP contribution in [-0.2, 0) is 9.59 Å². The van der Waals surface area contributed by atoms with E-state index >= 15 is 0 Å². The molecule has 1 fully saturated rings. The van der Waals surface area contributed by atoms with Gasteiger partial charge in [-0.3, -0.25) is 9.59 Å². The molecule has 1 atom stereocenters. The monoisotopic (exact) mass is 316 g/mol. The van der Waals surface area contributed by atoms with E-state index in [1.807, 2.05) is 0 Å². The van der Waals surface area contributed by atoms with Crippen molar-refractivity contribution in [2.24, 2.45) is 5.92 Å². The predicted octanol–water partition coefficient (Wildman–Crippen LogP) is 0.801. The summed E-state index contributed by atoms with van der Waals surface area (Å²) in [6.45, 7) is 3.61. The van der Waals surface area contributed by atoms with Gasteiger partial charge in [-0.2, -0.15) is 0 Å². The van der Waals surface area contributed by atoms with Crippen LogP contribution in [0.2, 0.25) is 0 Å². The molecule has 1 unspecified atom stereocenters. The predicted molar refractivity (Wildman–Crippen MR) is 80.3 cm³/mol. The third-order valence-corrected chi connectivity index (χ3v) is 3.33. The number of halogens is 1. The first kappa shape index (κ1) is 17.5. The number of nitrogens with one attached hydrogen (secondary N) is 2. The molecule has 1 saturated heterocycles. The highest BCUT2D eigenvalue weighted by Gasteiger charge is 2.21. The highest BCUT2D eigenvalue weighted by molar-refractivity contribution is 5.93. The first-order valence-corrected chi connectivity index (χ1v) is 6.72. The molecule has 7 nitrogen and oxygen atoms in total. The van der Waals surface area contributed by atoms with Gasteiger partial charge in [-0.15, -0.1) is 12.4 Å². The maximum atomic E-state index is 12.0. The van der Waals surface area contributed by atoms with Crippen molar-refractivity contribution >= 4 is 30.0 Å². The van der Waals surface area contributed by atoms with Gasteiger partial charge in [-0.1, -0.05) is 5.16 Å². The van der Waals surface area contributed by atoms with E-state index < -0.39 is 0 Å². The SMILES string of the molecule is Cc1cc(NC(=O)CN(C)C(=O)CC2CCNC2)no1.Cl. The molecule has 0 aromatic carbocycles. The molecular weight excluding hydrogens is 296 g/mol. The van der Waals surface area contributed by atoms with Crippen LogP contribution >= 0.6 is 12.4 Å². The Morgan fingerprint density at radius 2 is 2.33 bits per heavy atom. The zero-order chi connectivity index (χ0) is 14.5. The van der Waals surface area contributed by atoms with Gasteiger partial charge in [0.1, 0.15) is 5.76 Å². The first-order valence-electron chi connectivity index (χ1n) is 6.72. The van der Waals surface area contributed by atoms with Gasteiger partial charge in [0, 0.05) is 19.5 Å². The number of hydrogen-bond acceptors (Lipinski definition) is 5. The second-order valence-electron chi connectivity index (χ2n) is 5.18. The summed E-state index contributed by atoms with van der Waals surface area (Å²) in [5, 5.41) is 9.49. The smallest absolute Gasteiger partial charge is 0.245 e. The van der Waals surface area contributed by atoms with E-state index in [0.29, 0.717) is 23.9 Å². The lowest BCUT2D eigenvalue weighted by molar-refractivity contribution is -0.134. The molecule has 1 aliphatic rings. The maximum Gasteiger partial charge on any atom is 0.245 e. The van der Waals surface area contributed by atoms with E-state index in [0.717, 1.165) is 19.5 Å². The lowest BCUT2D eigenvalue weighted by Crippen LogP contribution is -2.36. The molecule has 2 amide bonds. The number of aromatic nitrogens is 1. The molecule has 0 bridgehead atoms. The van der Waals surface area contributed by atoms with E-state index in [1.165, 1.54) is 4.90 Å². The number of rotatable bonds is 5. The molecule has 8 heteroatoms. The zero-order valence-corrected chi connectivity index (χ0v) is 13.0. The van der Waals surface area contributed by atoms with E-state index in [4.69, 9.17) is 4.52 Å². The van der Waals surface area contributed by atoms with Crippen LogP contribution in [0.4, 0.5) is 5.82 Å². The molecule has 0 aliphatic carbocycles. The summed E-state index contributed by atoms with van der Waals surface area (Å²) in [5.41, 5.74) is 0. The Hall–Kier alpha value is -1.60. The van der Waals surface area contributed by atoms with Crippen molar-refractivity contribution in [3.8, 4) is 0 Å². The molecule has 1 aromatic heterocycles. The summed E-state index contributed by atoms with van der Waals surface area (Å²) in [6.07, 6.45) is 1.50. The van der Waals surface area contributed by atoms with E-state index in [1.54, 1.807) is 20.0 Å².